The lowest BCUT2D eigenvalue weighted by atomic mass is 10.5. The van der Waals surface area contributed by atoms with Crippen molar-refractivity contribution in [2.45, 2.75) is 20.8 Å². The maximum atomic E-state index is 5.75. The van der Waals surface area contributed by atoms with Crippen molar-refractivity contribution >= 4 is 5.82 Å². The Hall–Kier alpha value is -1.78. The normalized spacial score (nSPS) is 9.60. The Morgan fingerprint density at radius 1 is 1.33 bits per heavy atom. The number of anilines is 1. The van der Waals surface area contributed by atoms with Crippen LogP contribution in [0.5, 0.6) is 0 Å². The Kier molecular flexibility index (Phi) is 3.49. The number of aryl methyl sites for hydroxylation is 2. The second-order valence-electron chi connectivity index (χ2n) is 2.99. The summed E-state index contributed by atoms with van der Waals surface area (Å²) in [5, 5.41) is 8.28. The lowest BCUT2D eigenvalue weighted by Gasteiger charge is -1.97. The van der Waals surface area contributed by atoms with Crippen molar-refractivity contribution in [3.8, 4) is 5.69 Å². The van der Waals surface area contributed by atoms with E-state index >= 15 is 0 Å². The van der Waals surface area contributed by atoms with Crippen LogP contribution >= 0.6 is 0 Å². The molecule has 0 saturated heterocycles. The molecule has 2 N–H and O–H groups in total. The van der Waals surface area contributed by atoms with Crippen LogP contribution in [-0.2, 0) is 7.05 Å². The first-order chi connectivity index (χ1) is 7.16. The summed E-state index contributed by atoms with van der Waals surface area (Å²) < 4.78 is 3.38. The van der Waals surface area contributed by atoms with Gasteiger partial charge in [-0.05, 0) is 6.92 Å². The van der Waals surface area contributed by atoms with Gasteiger partial charge in [-0.2, -0.15) is 10.2 Å². The molecule has 2 heterocycles. The van der Waals surface area contributed by atoms with E-state index in [2.05, 4.69) is 10.2 Å². The number of hydrogen-bond acceptors (Lipinski definition) is 3. The SMILES string of the molecule is CC.Cc1cc(N)n(-c2cnn(C)c2)n1. The maximum Gasteiger partial charge on any atom is 0.127 e. The van der Waals surface area contributed by atoms with Crippen LogP contribution in [0.25, 0.3) is 5.69 Å². The van der Waals surface area contributed by atoms with Gasteiger partial charge in [-0.15, -0.1) is 0 Å². The molecule has 0 aliphatic carbocycles. The van der Waals surface area contributed by atoms with Crippen molar-refractivity contribution in [3.63, 3.8) is 0 Å². The molecule has 0 amide bonds. The summed E-state index contributed by atoms with van der Waals surface area (Å²) in [5.74, 6) is 0.630. The monoisotopic (exact) mass is 207 g/mol. The second kappa shape index (κ2) is 4.63. The van der Waals surface area contributed by atoms with Crippen LogP contribution in [0.15, 0.2) is 18.5 Å². The number of nitrogen functional groups attached to an aromatic ring is 1. The molecule has 0 unspecified atom stereocenters. The van der Waals surface area contributed by atoms with Crippen molar-refractivity contribution in [1.82, 2.24) is 19.6 Å². The molecule has 0 spiro atoms. The van der Waals surface area contributed by atoms with E-state index in [-0.39, 0.29) is 0 Å². The van der Waals surface area contributed by atoms with E-state index in [4.69, 9.17) is 5.73 Å². The topological polar surface area (TPSA) is 61.7 Å². The summed E-state index contributed by atoms with van der Waals surface area (Å²) in [6.45, 7) is 5.91. The fourth-order valence-corrected chi connectivity index (χ4v) is 1.24. The van der Waals surface area contributed by atoms with Crippen molar-refractivity contribution < 1.29 is 0 Å². The van der Waals surface area contributed by atoms with Crippen LogP contribution in [0.2, 0.25) is 0 Å². The highest BCUT2D eigenvalue weighted by Gasteiger charge is 2.05. The molecular formula is C10H17N5. The molecule has 0 saturated carbocycles. The average molecular weight is 207 g/mol. The summed E-state index contributed by atoms with van der Waals surface area (Å²) >= 11 is 0. The Labute approximate surface area is 89.5 Å². The molecule has 0 bridgehead atoms. The Balaban J connectivity index is 0.000000531. The summed E-state index contributed by atoms with van der Waals surface area (Å²) in [6, 6.07) is 1.83. The van der Waals surface area contributed by atoms with E-state index in [1.807, 2.05) is 40.1 Å². The van der Waals surface area contributed by atoms with Crippen molar-refractivity contribution in [3.05, 3.63) is 24.2 Å². The molecule has 0 aliphatic rings. The molecule has 0 aliphatic heterocycles. The fraction of sp³-hybridized carbons (Fsp3) is 0.400. The zero-order valence-corrected chi connectivity index (χ0v) is 9.60. The van der Waals surface area contributed by atoms with Gasteiger partial charge in [0.2, 0.25) is 0 Å². The molecule has 2 aromatic rings. The van der Waals surface area contributed by atoms with E-state index < -0.39 is 0 Å². The van der Waals surface area contributed by atoms with Gasteiger partial charge in [0, 0.05) is 13.1 Å². The average Bonchev–Trinajstić information content (AvgIpc) is 2.76. The van der Waals surface area contributed by atoms with Crippen LogP contribution < -0.4 is 5.73 Å². The molecule has 0 aromatic carbocycles. The highest BCUT2D eigenvalue weighted by atomic mass is 15.3. The third-order valence-electron chi connectivity index (χ3n) is 1.79. The number of rotatable bonds is 1. The van der Waals surface area contributed by atoms with Crippen LogP contribution in [0.4, 0.5) is 5.82 Å². The molecule has 5 nitrogen and oxygen atoms in total. The van der Waals surface area contributed by atoms with Gasteiger partial charge in [0.05, 0.1) is 18.1 Å². The zero-order chi connectivity index (χ0) is 11.4. The first-order valence-electron chi connectivity index (χ1n) is 4.98. The van der Waals surface area contributed by atoms with E-state index in [0.29, 0.717) is 5.82 Å². The fourth-order valence-electron chi connectivity index (χ4n) is 1.24. The van der Waals surface area contributed by atoms with Gasteiger partial charge >= 0.3 is 0 Å². The first-order valence-corrected chi connectivity index (χ1v) is 4.98. The quantitative estimate of drug-likeness (QED) is 0.771. The molecule has 2 aromatic heterocycles. The number of nitrogens with zero attached hydrogens (tertiary/aromatic N) is 4. The van der Waals surface area contributed by atoms with Crippen molar-refractivity contribution in [1.29, 1.82) is 0 Å². The Morgan fingerprint density at radius 2 is 2.00 bits per heavy atom. The highest BCUT2D eigenvalue weighted by Crippen LogP contribution is 2.12. The minimum absolute atomic E-state index is 0.630. The molecule has 2 rings (SSSR count). The van der Waals surface area contributed by atoms with Gasteiger partial charge in [0.25, 0.3) is 0 Å². The smallest absolute Gasteiger partial charge is 0.127 e. The zero-order valence-electron chi connectivity index (χ0n) is 9.60. The highest BCUT2D eigenvalue weighted by molar-refractivity contribution is 5.40. The summed E-state index contributed by atoms with van der Waals surface area (Å²) in [6.07, 6.45) is 3.59. The van der Waals surface area contributed by atoms with Crippen LogP contribution in [-0.4, -0.2) is 19.6 Å². The number of nitrogens with two attached hydrogens (primary N) is 1. The molecule has 0 atom stereocenters. The molecular weight excluding hydrogens is 190 g/mol. The third-order valence-corrected chi connectivity index (χ3v) is 1.79. The van der Waals surface area contributed by atoms with E-state index in [9.17, 15) is 0 Å². The standard InChI is InChI=1S/C8H11N5.C2H6/c1-6-3-8(9)13(11-6)7-4-10-12(2)5-7;1-2/h3-5H,9H2,1-2H3;1-2H3. The van der Waals surface area contributed by atoms with Gasteiger partial charge in [-0.3, -0.25) is 4.68 Å². The molecule has 0 fully saturated rings. The predicted octanol–water partition coefficient (Wildman–Crippen LogP) is 1.52. The van der Waals surface area contributed by atoms with Crippen molar-refractivity contribution in [2.24, 2.45) is 7.05 Å². The first kappa shape index (κ1) is 11.3. The molecule has 5 heteroatoms. The van der Waals surface area contributed by atoms with Crippen LogP contribution in [0.1, 0.15) is 19.5 Å². The number of hydrogen-bond donors (Lipinski definition) is 1. The Morgan fingerprint density at radius 3 is 2.40 bits per heavy atom. The lowest BCUT2D eigenvalue weighted by molar-refractivity contribution is 0.766. The van der Waals surface area contributed by atoms with Gasteiger partial charge in [0.1, 0.15) is 11.5 Å². The lowest BCUT2D eigenvalue weighted by Crippen LogP contribution is -2.00. The van der Waals surface area contributed by atoms with E-state index in [1.54, 1.807) is 15.6 Å². The maximum absolute atomic E-state index is 5.75. The molecule has 82 valence electrons. The molecule has 15 heavy (non-hydrogen) atoms. The third kappa shape index (κ3) is 2.37. The van der Waals surface area contributed by atoms with E-state index in [0.717, 1.165) is 11.4 Å². The van der Waals surface area contributed by atoms with E-state index in [1.165, 1.54) is 0 Å². The minimum atomic E-state index is 0.630. The van der Waals surface area contributed by atoms with Crippen LogP contribution in [0, 0.1) is 6.92 Å². The van der Waals surface area contributed by atoms with Gasteiger partial charge in [-0.25, -0.2) is 4.68 Å². The number of aromatic nitrogens is 4. The summed E-state index contributed by atoms with van der Waals surface area (Å²) in [4.78, 5) is 0. The van der Waals surface area contributed by atoms with Gasteiger partial charge in [-0.1, -0.05) is 13.8 Å². The largest absolute Gasteiger partial charge is 0.384 e. The predicted molar refractivity (Wildman–Crippen MR) is 60.8 cm³/mol. The van der Waals surface area contributed by atoms with Gasteiger partial charge in [0.15, 0.2) is 0 Å². The molecule has 0 radical (unpaired) electrons. The van der Waals surface area contributed by atoms with Crippen molar-refractivity contribution in [2.75, 3.05) is 5.73 Å². The Bertz CT molecular complexity index is 427. The van der Waals surface area contributed by atoms with Gasteiger partial charge < -0.3 is 5.73 Å². The minimum Gasteiger partial charge on any atom is -0.384 e. The summed E-state index contributed by atoms with van der Waals surface area (Å²) in [7, 11) is 1.86. The van der Waals surface area contributed by atoms with Crippen LogP contribution in [0.3, 0.4) is 0 Å². The second-order valence-corrected chi connectivity index (χ2v) is 2.99. The summed E-state index contributed by atoms with van der Waals surface area (Å²) in [5.41, 5.74) is 7.53.